The van der Waals surface area contributed by atoms with Crippen molar-refractivity contribution in [2.75, 3.05) is 0 Å². The molecule has 0 aromatic rings. The summed E-state index contributed by atoms with van der Waals surface area (Å²) < 4.78 is 0. The highest BCUT2D eigenvalue weighted by Crippen LogP contribution is 2.40. The highest BCUT2D eigenvalue weighted by atomic mass is 28.3. The maximum absolute atomic E-state index is 2.41. The van der Waals surface area contributed by atoms with Gasteiger partial charge in [0, 0.05) is 8.80 Å². The van der Waals surface area contributed by atoms with E-state index in [1.54, 1.807) is 0 Å². The van der Waals surface area contributed by atoms with Crippen LogP contribution in [0.2, 0.25) is 18.1 Å². The van der Waals surface area contributed by atoms with Gasteiger partial charge in [0.25, 0.3) is 0 Å². The zero-order chi connectivity index (χ0) is 9.28. The van der Waals surface area contributed by atoms with Crippen LogP contribution in [0.4, 0.5) is 0 Å². The molecule has 0 saturated carbocycles. The first kappa shape index (κ1) is 11.2. The van der Waals surface area contributed by atoms with Crippen molar-refractivity contribution >= 4 is 8.80 Å². The molecule has 0 aliphatic heterocycles. The van der Waals surface area contributed by atoms with Gasteiger partial charge in [0.15, 0.2) is 0 Å². The second-order valence-electron chi connectivity index (χ2n) is 5.62. The van der Waals surface area contributed by atoms with Crippen LogP contribution in [0.3, 0.4) is 0 Å². The summed E-state index contributed by atoms with van der Waals surface area (Å²) in [4.78, 5) is 0. The normalized spacial score (nSPS) is 14.2. The molecule has 0 amide bonds. The molecule has 0 nitrogen and oxygen atoms in total. The molecule has 1 heteroatoms. The molecular weight excluding hydrogens is 148 g/mol. The lowest BCUT2D eigenvalue weighted by Gasteiger charge is -2.35. The minimum absolute atomic E-state index is 0.144. The first-order valence-electron chi connectivity index (χ1n) is 4.46. The zero-order valence-corrected chi connectivity index (χ0v) is 10.2. The minimum Gasteiger partial charge on any atom is -0.0709 e. The van der Waals surface area contributed by atoms with E-state index < -0.39 is 0 Å². The van der Waals surface area contributed by atoms with Crippen LogP contribution in [0, 0.1) is 5.41 Å². The summed E-state index contributed by atoms with van der Waals surface area (Å²) in [6, 6.07) is 0. The predicted octanol–water partition coefficient (Wildman–Crippen LogP) is 3.96. The van der Waals surface area contributed by atoms with Crippen molar-refractivity contribution in [1.29, 1.82) is 0 Å². The van der Waals surface area contributed by atoms with Crippen LogP contribution in [0.5, 0.6) is 0 Å². The summed E-state index contributed by atoms with van der Waals surface area (Å²) in [5.74, 6) is 0. The van der Waals surface area contributed by atoms with Gasteiger partial charge in [0.05, 0.1) is 0 Å². The fourth-order valence-electron chi connectivity index (χ4n) is 1.50. The monoisotopic (exact) mass is 171 g/mol. The molecule has 0 spiro atoms. The van der Waals surface area contributed by atoms with E-state index in [0.29, 0.717) is 10.5 Å². The molecule has 0 aliphatic rings. The molecule has 0 fully saturated rings. The molecule has 0 saturated heterocycles. The van der Waals surface area contributed by atoms with E-state index in [9.17, 15) is 0 Å². The summed E-state index contributed by atoms with van der Waals surface area (Å²) in [5, 5.41) is 0.586. The van der Waals surface area contributed by atoms with Gasteiger partial charge in [-0.05, 0) is 16.9 Å². The van der Waals surface area contributed by atoms with Crippen molar-refractivity contribution in [3.63, 3.8) is 0 Å². The summed E-state index contributed by atoms with van der Waals surface area (Å²) in [7, 11) is -0.144. The van der Waals surface area contributed by atoms with Crippen molar-refractivity contribution in [2.24, 2.45) is 5.41 Å². The Hall–Kier alpha value is 0.217. The van der Waals surface area contributed by atoms with Crippen LogP contribution in [0.15, 0.2) is 0 Å². The molecule has 0 unspecified atom stereocenters. The quantitative estimate of drug-likeness (QED) is 0.552. The Kier molecular flexibility index (Phi) is 3.37. The van der Waals surface area contributed by atoms with Crippen molar-refractivity contribution < 1.29 is 0 Å². The standard InChI is InChI=1S/C10H23Si/c1-9(2,3)8-10(4,5)11(6)7/h8H2,1-7H3. The second-order valence-corrected chi connectivity index (χ2v) is 8.97. The Morgan fingerprint density at radius 2 is 1.27 bits per heavy atom. The summed E-state index contributed by atoms with van der Waals surface area (Å²) in [5.41, 5.74) is 0.492. The third-order valence-corrected chi connectivity index (χ3v) is 5.21. The Balaban J connectivity index is 4.13. The average molecular weight is 171 g/mol. The van der Waals surface area contributed by atoms with E-state index in [1.165, 1.54) is 6.42 Å². The van der Waals surface area contributed by atoms with E-state index in [-0.39, 0.29) is 8.80 Å². The molecule has 67 valence electrons. The van der Waals surface area contributed by atoms with Gasteiger partial charge in [0.2, 0.25) is 0 Å². The van der Waals surface area contributed by atoms with Gasteiger partial charge in [-0.25, -0.2) is 0 Å². The summed E-state index contributed by atoms with van der Waals surface area (Å²) in [6.45, 7) is 16.6. The van der Waals surface area contributed by atoms with Gasteiger partial charge in [-0.2, -0.15) is 0 Å². The third kappa shape index (κ3) is 4.62. The molecule has 0 aromatic heterocycles. The topological polar surface area (TPSA) is 0 Å². The van der Waals surface area contributed by atoms with Gasteiger partial charge in [-0.3, -0.25) is 0 Å². The fourth-order valence-corrected chi connectivity index (χ4v) is 2.39. The van der Waals surface area contributed by atoms with Gasteiger partial charge >= 0.3 is 0 Å². The molecule has 1 radical (unpaired) electrons. The Bertz CT molecular complexity index is 117. The Morgan fingerprint density at radius 1 is 0.909 bits per heavy atom. The lowest BCUT2D eigenvalue weighted by atomic mass is 9.86. The SMILES string of the molecule is C[Si](C)C(C)(C)CC(C)(C)C. The van der Waals surface area contributed by atoms with Crippen molar-refractivity contribution in [1.82, 2.24) is 0 Å². The lowest BCUT2D eigenvalue weighted by molar-refractivity contribution is 0.326. The van der Waals surface area contributed by atoms with Gasteiger partial charge in [-0.15, -0.1) is 0 Å². The van der Waals surface area contributed by atoms with Gasteiger partial charge < -0.3 is 0 Å². The first-order chi connectivity index (χ1) is 4.65. The Morgan fingerprint density at radius 3 is 1.36 bits per heavy atom. The zero-order valence-electron chi connectivity index (χ0n) is 9.21. The van der Waals surface area contributed by atoms with Crippen LogP contribution in [-0.4, -0.2) is 8.80 Å². The second kappa shape index (κ2) is 3.30. The predicted molar refractivity (Wildman–Crippen MR) is 55.6 cm³/mol. The lowest BCUT2D eigenvalue weighted by Crippen LogP contribution is -2.26. The maximum Gasteiger partial charge on any atom is 0.0473 e. The molecule has 0 heterocycles. The van der Waals surface area contributed by atoms with E-state index >= 15 is 0 Å². The van der Waals surface area contributed by atoms with E-state index in [2.05, 4.69) is 47.7 Å². The van der Waals surface area contributed by atoms with E-state index in [0.717, 1.165) is 0 Å². The van der Waals surface area contributed by atoms with Crippen LogP contribution >= 0.6 is 0 Å². The van der Waals surface area contributed by atoms with Gasteiger partial charge in [0.1, 0.15) is 0 Å². The molecule has 0 aliphatic carbocycles. The van der Waals surface area contributed by atoms with Gasteiger partial charge in [-0.1, -0.05) is 47.7 Å². The van der Waals surface area contributed by atoms with E-state index in [4.69, 9.17) is 0 Å². The van der Waals surface area contributed by atoms with Crippen LogP contribution < -0.4 is 0 Å². The van der Waals surface area contributed by atoms with E-state index in [1.807, 2.05) is 0 Å². The third-order valence-electron chi connectivity index (χ3n) is 2.33. The highest BCUT2D eigenvalue weighted by Gasteiger charge is 2.28. The molecule has 0 rings (SSSR count). The highest BCUT2D eigenvalue weighted by molar-refractivity contribution is 6.59. The largest absolute Gasteiger partial charge is 0.0709 e. The fraction of sp³-hybridized carbons (Fsp3) is 1.00. The molecule has 0 aromatic carbocycles. The number of hydrogen-bond acceptors (Lipinski definition) is 0. The molecule has 0 bridgehead atoms. The van der Waals surface area contributed by atoms with Crippen LogP contribution in [0.1, 0.15) is 41.0 Å². The van der Waals surface area contributed by atoms with Crippen molar-refractivity contribution in [3.8, 4) is 0 Å². The van der Waals surface area contributed by atoms with Crippen molar-refractivity contribution in [3.05, 3.63) is 0 Å². The smallest absolute Gasteiger partial charge is 0.0473 e. The first-order valence-corrected chi connectivity index (χ1v) is 6.96. The number of rotatable bonds is 2. The van der Waals surface area contributed by atoms with Crippen molar-refractivity contribution in [2.45, 2.75) is 59.2 Å². The number of hydrogen-bond donors (Lipinski definition) is 0. The van der Waals surface area contributed by atoms with Crippen LogP contribution in [0.25, 0.3) is 0 Å². The minimum atomic E-state index is -0.144. The summed E-state index contributed by atoms with van der Waals surface area (Å²) in [6.07, 6.45) is 1.35. The average Bonchev–Trinajstić information content (AvgIpc) is 1.56. The van der Waals surface area contributed by atoms with Crippen LogP contribution in [-0.2, 0) is 0 Å². The maximum atomic E-state index is 2.41. The molecule has 0 atom stereocenters. The summed E-state index contributed by atoms with van der Waals surface area (Å²) >= 11 is 0. The molecule has 11 heavy (non-hydrogen) atoms. The molecule has 0 N–H and O–H groups in total. The Labute approximate surface area is 74.0 Å². The molecular formula is C10H23Si.